The average Bonchev–Trinajstić information content (AvgIpc) is 3.24. The lowest BCUT2D eigenvalue weighted by Gasteiger charge is -2.64. The summed E-state index contributed by atoms with van der Waals surface area (Å²) < 4.78 is 30.0. The van der Waals surface area contributed by atoms with Gasteiger partial charge in [0, 0.05) is 14.1 Å². The Morgan fingerprint density at radius 1 is 1.02 bits per heavy atom. The third-order valence-corrected chi connectivity index (χ3v) is 9.18. The second-order valence-electron chi connectivity index (χ2n) is 15.5. The van der Waals surface area contributed by atoms with E-state index in [0.717, 1.165) is 12.8 Å². The lowest BCUT2D eigenvalue weighted by molar-refractivity contribution is -0.199. The molecule has 3 saturated carbocycles. The van der Waals surface area contributed by atoms with Crippen LogP contribution >= 0.6 is 0 Å². The maximum absolute atomic E-state index is 13.3. The molecule has 1 aromatic rings. The maximum atomic E-state index is 13.3. The summed E-state index contributed by atoms with van der Waals surface area (Å²) >= 11 is 0. The standard InChI is InChI=1S/C33H49BN2O9/c1-30(2,3)42-28(39)21-14-12-13-19(27(21)41-29(40)43-31(4,5)6)15-24(35-25(37)18-26(38)36(10)11)34-44-23-17-20-16-22(32(20,7)8)33(23,9)45-34/h12-14,20,22-24H,15-18H2,1-11H3,(H,35,37)/t20-,22-,23?,24-,33-/m0/s1. The first-order chi connectivity index (χ1) is 20.6. The van der Waals surface area contributed by atoms with Crippen molar-refractivity contribution >= 4 is 31.1 Å². The summed E-state index contributed by atoms with van der Waals surface area (Å²) in [5, 5.41) is 2.95. The molecule has 45 heavy (non-hydrogen) atoms. The van der Waals surface area contributed by atoms with Crippen LogP contribution in [0.2, 0.25) is 0 Å². The highest BCUT2D eigenvalue weighted by Gasteiger charge is 2.68. The van der Waals surface area contributed by atoms with E-state index in [9.17, 15) is 19.2 Å². The van der Waals surface area contributed by atoms with Crippen molar-refractivity contribution in [2.24, 2.45) is 17.3 Å². The number of hydrogen-bond donors (Lipinski definition) is 1. The largest absolute Gasteiger partial charge is 0.514 e. The fourth-order valence-electron chi connectivity index (χ4n) is 6.79. The molecular formula is C33H49BN2O9. The predicted molar refractivity (Wildman–Crippen MR) is 168 cm³/mol. The maximum Gasteiger partial charge on any atom is 0.514 e. The summed E-state index contributed by atoms with van der Waals surface area (Å²) in [7, 11) is 2.31. The van der Waals surface area contributed by atoms with Crippen LogP contribution in [0.4, 0.5) is 4.79 Å². The van der Waals surface area contributed by atoms with Gasteiger partial charge in [-0.2, -0.15) is 0 Å². The molecule has 1 heterocycles. The summed E-state index contributed by atoms with van der Waals surface area (Å²) in [6, 6.07) is 4.86. The van der Waals surface area contributed by atoms with Gasteiger partial charge in [-0.05, 0) is 96.6 Å². The van der Waals surface area contributed by atoms with Gasteiger partial charge in [-0.15, -0.1) is 0 Å². The first-order valence-corrected chi connectivity index (χ1v) is 15.7. The van der Waals surface area contributed by atoms with E-state index in [1.54, 1.807) is 67.8 Å². The molecule has 0 radical (unpaired) electrons. The quantitative estimate of drug-likeness (QED) is 0.188. The Labute approximate surface area is 267 Å². The number of carbonyl (C=O) groups excluding carboxylic acids is 4. The van der Waals surface area contributed by atoms with Gasteiger partial charge in [0.05, 0.1) is 17.6 Å². The molecule has 4 fully saturated rings. The molecule has 1 aromatic carbocycles. The van der Waals surface area contributed by atoms with E-state index in [-0.39, 0.29) is 47.5 Å². The normalized spacial score (nSPS) is 25.8. The first kappa shape index (κ1) is 34.8. The Morgan fingerprint density at radius 3 is 2.24 bits per heavy atom. The van der Waals surface area contributed by atoms with E-state index in [1.165, 1.54) is 11.0 Å². The van der Waals surface area contributed by atoms with Gasteiger partial charge in [0.1, 0.15) is 23.2 Å². The summed E-state index contributed by atoms with van der Waals surface area (Å²) in [4.78, 5) is 53.1. The van der Waals surface area contributed by atoms with E-state index < -0.39 is 47.9 Å². The molecule has 5 atom stereocenters. The zero-order valence-corrected chi connectivity index (χ0v) is 28.6. The highest BCUT2D eigenvalue weighted by atomic mass is 16.7. The van der Waals surface area contributed by atoms with Crippen LogP contribution in [0.1, 0.15) is 97.5 Å². The Kier molecular flexibility index (Phi) is 9.46. The van der Waals surface area contributed by atoms with Gasteiger partial charge in [-0.25, -0.2) is 9.59 Å². The van der Waals surface area contributed by atoms with E-state index in [2.05, 4.69) is 26.1 Å². The molecule has 1 unspecified atom stereocenters. The molecule has 248 valence electrons. The van der Waals surface area contributed by atoms with Crippen LogP contribution in [0.25, 0.3) is 0 Å². The number of hydrogen-bond acceptors (Lipinski definition) is 9. The number of carbonyl (C=O) groups is 4. The molecule has 0 aromatic heterocycles. The molecule has 2 amide bonds. The molecule has 2 bridgehead atoms. The number of esters is 1. The summed E-state index contributed by atoms with van der Waals surface area (Å²) in [5.41, 5.74) is -1.66. The summed E-state index contributed by atoms with van der Waals surface area (Å²) in [6.07, 6.45) is 0.432. The lowest BCUT2D eigenvalue weighted by Crippen LogP contribution is -2.65. The van der Waals surface area contributed by atoms with E-state index >= 15 is 0 Å². The zero-order chi connectivity index (χ0) is 33.7. The topological polar surface area (TPSA) is 130 Å². The van der Waals surface area contributed by atoms with Crippen molar-refractivity contribution in [1.82, 2.24) is 10.2 Å². The Hall–Kier alpha value is -3.12. The lowest BCUT2D eigenvalue weighted by atomic mass is 9.43. The smallest absolute Gasteiger partial charge is 0.456 e. The van der Waals surface area contributed by atoms with Gasteiger partial charge in [0.2, 0.25) is 11.8 Å². The minimum absolute atomic E-state index is 0.0256. The number of amides is 2. The highest BCUT2D eigenvalue weighted by molar-refractivity contribution is 6.48. The van der Waals surface area contributed by atoms with Crippen molar-refractivity contribution in [2.75, 3.05) is 14.1 Å². The van der Waals surface area contributed by atoms with Gasteiger partial charge in [-0.1, -0.05) is 26.0 Å². The van der Waals surface area contributed by atoms with Crippen LogP contribution < -0.4 is 10.1 Å². The van der Waals surface area contributed by atoms with E-state index in [1.807, 2.05) is 0 Å². The molecule has 1 saturated heterocycles. The van der Waals surface area contributed by atoms with E-state index in [4.69, 9.17) is 23.5 Å². The van der Waals surface area contributed by atoms with Crippen LogP contribution in [0.15, 0.2) is 18.2 Å². The Morgan fingerprint density at radius 2 is 1.67 bits per heavy atom. The predicted octanol–water partition coefficient (Wildman–Crippen LogP) is 4.73. The third kappa shape index (κ3) is 7.65. The number of rotatable bonds is 8. The Bertz CT molecular complexity index is 1330. The molecule has 11 nitrogen and oxygen atoms in total. The molecule has 1 N–H and O–H groups in total. The molecule has 5 rings (SSSR count). The fraction of sp³-hybridized carbons (Fsp3) is 0.697. The van der Waals surface area contributed by atoms with Crippen LogP contribution in [0, 0.1) is 17.3 Å². The molecule has 4 aliphatic rings. The van der Waals surface area contributed by atoms with Gasteiger partial charge in [0.25, 0.3) is 0 Å². The van der Waals surface area contributed by atoms with E-state index in [0.29, 0.717) is 11.5 Å². The molecule has 1 aliphatic heterocycles. The number of ether oxygens (including phenoxy) is 3. The zero-order valence-electron chi connectivity index (χ0n) is 28.6. The van der Waals surface area contributed by atoms with Gasteiger partial charge >= 0.3 is 19.2 Å². The number of nitrogens with one attached hydrogen (secondary N) is 1. The summed E-state index contributed by atoms with van der Waals surface area (Å²) in [5.74, 6) is -1.58. The second-order valence-corrected chi connectivity index (χ2v) is 15.5. The van der Waals surface area contributed by atoms with Gasteiger partial charge in [0.15, 0.2) is 5.75 Å². The van der Waals surface area contributed by atoms with Crippen LogP contribution in [0.5, 0.6) is 5.75 Å². The minimum atomic E-state index is -0.995. The van der Waals surface area contributed by atoms with Crippen molar-refractivity contribution in [3.8, 4) is 5.75 Å². The highest BCUT2D eigenvalue weighted by Crippen LogP contribution is 2.65. The van der Waals surface area contributed by atoms with Gasteiger partial charge in [-0.3, -0.25) is 9.59 Å². The fourth-order valence-corrected chi connectivity index (χ4v) is 6.79. The van der Waals surface area contributed by atoms with Crippen LogP contribution in [-0.2, 0) is 34.8 Å². The van der Waals surface area contributed by atoms with Crippen molar-refractivity contribution in [1.29, 1.82) is 0 Å². The summed E-state index contributed by atoms with van der Waals surface area (Å²) in [6.45, 7) is 16.9. The molecular weight excluding hydrogens is 579 g/mol. The molecule has 0 spiro atoms. The minimum Gasteiger partial charge on any atom is -0.456 e. The van der Waals surface area contributed by atoms with Crippen LogP contribution in [-0.4, -0.2) is 78.9 Å². The third-order valence-electron chi connectivity index (χ3n) is 9.18. The van der Waals surface area contributed by atoms with Crippen molar-refractivity contribution in [2.45, 2.75) is 117 Å². The van der Waals surface area contributed by atoms with Gasteiger partial charge < -0.3 is 33.7 Å². The monoisotopic (exact) mass is 628 g/mol. The molecule has 12 heteroatoms. The van der Waals surface area contributed by atoms with Crippen molar-refractivity contribution in [3.05, 3.63) is 29.3 Å². The average molecular weight is 629 g/mol. The number of benzene rings is 1. The number of nitrogens with zero attached hydrogens (tertiary/aromatic N) is 1. The second kappa shape index (κ2) is 12.2. The number of para-hydroxylation sites is 1. The van der Waals surface area contributed by atoms with Crippen molar-refractivity contribution in [3.63, 3.8) is 0 Å². The molecule has 3 aliphatic carbocycles. The first-order valence-electron chi connectivity index (χ1n) is 15.7. The Balaban J connectivity index is 1.70. The van der Waals surface area contributed by atoms with Crippen LogP contribution in [0.3, 0.4) is 0 Å². The van der Waals surface area contributed by atoms with Crippen molar-refractivity contribution < 1.29 is 42.7 Å². The SMILES string of the molecule is CN(C)C(=O)CC(=O)N[C@@H](Cc1cccc(C(=O)OC(C)(C)C)c1OC(=O)OC(C)(C)C)B1OC2C[C@@H]3C[C@@H](C3(C)C)[C@]2(C)O1.